The van der Waals surface area contributed by atoms with E-state index in [9.17, 15) is 9.18 Å². The average Bonchev–Trinajstić information content (AvgIpc) is 3.16. The van der Waals surface area contributed by atoms with E-state index in [0.29, 0.717) is 22.7 Å². The van der Waals surface area contributed by atoms with Crippen molar-refractivity contribution in [3.8, 4) is 5.75 Å². The van der Waals surface area contributed by atoms with Crippen molar-refractivity contribution in [1.82, 2.24) is 15.6 Å². The fraction of sp³-hybridized carbons (Fsp3) is 0.474. The second kappa shape index (κ2) is 9.87. The number of aryl methyl sites for hydroxylation is 1. The number of carbonyl (C=O) groups is 1. The van der Waals surface area contributed by atoms with E-state index >= 15 is 0 Å². The summed E-state index contributed by atoms with van der Waals surface area (Å²) >= 11 is 1.36. The first-order chi connectivity index (χ1) is 12.6. The van der Waals surface area contributed by atoms with Crippen LogP contribution in [0.3, 0.4) is 0 Å². The molecule has 2 aliphatic heterocycles. The number of ether oxygens (including phenoxy) is 1. The number of nitrogens with zero attached hydrogens (tertiary/aromatic N) is 1. The molecule has 28 heavy (non-hydrogen) atoms. The Hall–Kier alpha value is -1.41. The predicted molar refractivity (Wildman–Crippen MR) is 113 cm³/mol. The number of hydrogen-bond donors (Lipinski definition) is 2. The van der Waals surface area contributed by atoms with Gasteiger partial charge in [0.25, 0.3) is 5.91 Å². The summed E-state index contributed by atoms with van der Waals surface area (Å²) in [5.74, 6) is 0.238. The Labute approximate surface area is 180 Å². The zero-order valence-corrected chi connectivity index (χ0v) is 17.9. The Morgan fingerprint density at radius 1 is 1.25 bits per heavy atom. The van der Waals surface area contributed by atoms with Gasteiger partial charge in [0.15, 0.2) is 0 Å². The molecule has 1 aromatic carbocycles. The van der Waals surface area contributed by atoms with Crippen LogP contribution >= 0.6 is 36.2 Å². The van der Waals surface area contributed by atoms with Gasteiger partial charge in [-0.25, -0.2) is 9.37 Å². The molecule has 9 heteroatoms. The maximum Gasteiger partial charge on any atom is 0.263 e. The van der Waals surface area contributed by atoms with Crippen LogP contribution in [0.25, 0.3) is 0 Å². The second-order valence-electron chi connectivity index (χ2n) is 7.04. The van der Waals surface area contributed by atoms with Gasteiger partial charge in [0.05, 0.1) is 5.69 Å². The number of nitrogens with one attached hydrogen (secondary N) is 2. The summed E-state index contributed by atoms with van der Waals surface area (Å²) < 4.78 is 18.5. The fourth-order valence-corrected chi connectivity index (χ4v) is 4.71. The zero-order valence-electron chi connectivity index (χ0n) is 15.4. The van der Waals surface area contributed by atoms with Crippen LogP contribution in [0.1, 0.15) is 46.1 Å². The van der Waals surface area contributed by atoms with Gasteiger partial charge in [0.1, 0.15) is 28.1 Å². The minimum absolute atomic E-state index is 0. The van der Waals surface area contributed by atoms with Crippen molar-refractivity contribution in [3.63, 3.8) is 0 Å². The number of halogens is 3. The predicted octanol–water partition coefficient (Wildman–Crippen LogP) is 4.03. The smallest absolute Gasteiger partial charge is 0.263 e. The van der Waals surface area contributed by atoms with E-state index in [0.717, 1.165) is 23.5 Å². The van der Waals surface area contributed by atoms with Crippen molar-refractivity contribution in [2.24, 2.45) is 0 Å². The van der Waals surface area contributed by atoms with Gasteiger partial charge in [0.2, 0.25) is 0 Å². The molecule has 0 saturated carbocycles. The van der Waals surface area contributed by atoms with Crippen molar-refractivity contribution in [2.45, 2.75) is 57.3 Å². The Bertz CT molecular complexity index is 791. The lowest BCUT2D eigenvalue weighted by atomic mass is 10.00. The van der Waals surface area contributed by atoms with E-state index in [1.54, 1.807) is 12.1 Å². The average molecular weight is 448 g/mol. The van der Waals surface area contributed by atoms with Crippen LogP contribution in [0.5, 0.6) is 5.75 Å². The van der Waals surface area contributed by atoms with Gasteiger partial charge in [0, 0.05) is 18.1 Å². The minimum atomic E-state index is -0.298. The molecule has 0 spiro atoms. The molecule has 2 N–H and O–H groups in total. The van der Waals surface area contributed by atoms with Crippen LogP contribution in [-0.2, 0) is 6.61 Å². The van der Waals surface area contributed by atoms with Crippen molar-refractivity contribution in [3.05, 3.63) is 45.7 Å². The Balaban J connectivity index is 0.00000140. The van der Waals surface area contributed by atoms with E-state index < -0.39 is 0 Å². The highest BCUT2D eigenvalue weighted by Crippen LogP contribution is 2.27. The second-order valence-corrected chi connectivity index (χ2v) is 8.13. The van der Waals surface area contributed by atoms with Crippen LogP contribution in [0.2, 0.25) is 0 Å². The summed E-state index contributed by atoms with van der Waals surface area (Å²) in [4.78, 5) is 17.7. The van der Waals surface area contributed by atoms with E-state index in [1.807, 2.05) is 6.92 Å². The Kier molecular flexibility index (Phi) is 8.07. The van der Waals surface area contributed by atoms with Crippen LogP contribution in [0, 0.1) is 12.7 Å². The minimum Gasteiger partial charge on any atom is -0.486 e. The summed E-state index contributed by atoms with van der Waals surface area (Å²) in [6.07, 6.45) is 4.42. The molecule has 3 heterocycles. The molecule has 2 fully saturated rings. The molecule has 1 amide bonds. The summed E-state index contributed by atoms with van der Waals surface area (Å²) in [7, 11) is 0. The molecule has 0 aliphatic carbocycles. The van der Waals surface area contributed by atoms with Crippen LogP contribution in [0.15, 0.2) is 24.3 Å². The number of aromatic nitrogens is 1. The topological polar surface area (TPSA) is 63.2 Å². The summed E-state index contributed by atoms with van der Waals surface area (Å²) in [5, 5.41) is 7.50. The van der Waals surface area contributed by atoms with Gasteiger partial charge in [-0.2, -0.15) is 0 Å². The number of rotatable bonds is 5. The molecule has 2 bridgehead atoms. The highest BCUT2D eigenvalue weighted by atomic mass is 35.5. The molecule has 2 unspecified atom stereocenters. The number of thiazole rings is 1. The number of benzene rings is 1. The fourth-order valence-electron chi connectivity index (χ4n) is 3.83. The number of amides is 1. The first kappa shape index (κ1) is 22.9. The zero-order chi connectivity index (χ0) is 18.1. The third-order valence-electron chi connectivity index (χ3n) is 5.03. The van der Waals surface area contributed by atoms with E-state index in [-0.39, 0.29) is 49.2 Å². The molecule has 154 valence electrons. The first-order valence-electron chi connectivity index (χ1n) is 8.98. The lowest BCUT2D eigenvalue weighted by Gasteiger charge is -2.29. The van der Waals surface area contributed by atoms with Crippen molar-refractivity contribution in [1.29, 1.82) is 0 Å². The van der Waals surface area contributed by atoms with Gasteiger partial charge in [-0.05, 0) is 56.9 Å². The Morgan fingerprint density at radius 2 is 1.89 bits per heavy atom. The number of hydrogen-bond acceptors (Lipinski definition) is 5. The van der Waals surface area contributed by atoms with Crippen LogP contribution < -0.4 is 15.4 Å². The third kappa shape index (κ3) is 5.35. The molecule has 2 aromatic rings. The molecule has 5 nitrogen and oxygen atoms in total. The molecule has 2 atom stereocenters. The van der Waals surface area contributed by atoms with E-state index in [2.05, 4.69) is 15.6 Å². The number of carbonyl (C=O) groups excluding carboxylic acids is 1. The van der Waals surface area contributed by atoms with Gasteiger partial charge in [-0.15, -0.1) is 36.2 Å². The van der Waals surface area contributed by atoms with Crippen LogP contribution in [0.4, 0.5) is 4.39 Å². The first-order valence-corrected chi connectivity index (χ1v) is 9.80. The van der Waals surface area contributed by atoms with Crippen molar-refractivity contribution < 1.29 is 13.9 Å². The van der Waals surface area contributed by atoms with Gasteiger partial charge in [-0.3, -0.25) is 4.79 Å². The normalized spacial score (nSPS) is 22.7. The molecule has 4 rings (SSSR count). The largest absolute Gasteiger partial charge is 0.486 e. The van der Waals surface area contributed by atoms with Gasteiger partial charge < -0.3 is 15.4 Å². The van der Waals surface area contributed by atoms with Crippen molar-refractivity contribution >= 4 is 42.1 Å². The standard InChI is InChI=1S/C19H22FN3O2S.2ClH/c1-11-18(19(24)23-15-8-13-4-5-14(9-15)22-13)26-17(21-11)10-25-16-6-2-12(20)3-7-16;;/h2-3,6-7,13-15,22H,4-5,8-10H2,1H3,(H,23,24);2*1H. The molecular formula is C19H24Cl2FN3O2S. The monoisotopic (exact) mass is 447 g/mol. The maximum absolute atomic E-state index is 12.9. The highest BCUT2D eigenvalue weighted by Gasteiger charge is 2.34. The maximum atomic E-state index is 12.9. The van der Waals surface area contributed by atoms with E-state index in [4.69, 9.17) is 4.74 Å². The number of fused-ring (bicyclic) bond motifs is 2. The Morgan fingerprint density at radius 3 is 2.54 bits per heavy atom. The van der Waals surface area contributed by atoms with Gasteiger partial charge >= 0.3 is 0 Å². The molecule has 1 aromatic heterocycles. The lowest BCUT2D eigenvalue weighted by molar-refractivity contribution is 0.0927. The molecular weight excluding hydrogens is 424 g/mol. The highest BCUT2D eigenvalue weighted by molar-refractivity contribution is 7.13. The van der Waals surface area contributed by atoms with E-state index in [1.165, 1.54) is 36.3 Å². The number of piperidine rings is 1. The SMILES string of the molecule is Cc1nc(COc2ccc(F)cc2)sc1C(=O)NC1CC2CCC(C1)N2.Cl.Cl. The quantitative estimate of drug-likeness (QED) is 0.725. The summed E-state index contributed by atoms with van der Waals surface area (Å²) in [5.41, 5.74) is 0.724. The third-order valence-corrected chi connectivity index (χ3v) is 6.16. The van der Waals surface area contributed by atoms with Crippen molar-refractivity contribution in [2.75, 3.05) is 0 Å². The molecule has 0 radical (unpaired) electrons. The summed E-state index contributed by atoms with van der Waals surface area (Å²) in [6, 6.07) is 7.19. The molecule has 2 saturated heterocycles. The summed E-state index contributed by atoms with van der Waals surface area (Å²) in [6.45, 7) is 2.11. The lowest BCUT2D eigenvalue weighted by Crippen LogP contribution is -2.48. The van der Waals surface area contributed by atoms with Crippen LogP contribution in [-0.4, -0.2) is 29.0 Å². The molecule has 2 aliphatic rings. The van der Waals surface area contributed by atoms with Gasteiger partial charge in [-0.1, -0.05) is 0 Å².